The van der Waals surface area contributed by atoms with Gasteiger partial charge in [-0.3, -0.25) is 10.1 Å². The van der Waals surface area contributed by atoms with Crippen LogP contribution in [0.4, 0.5) is 5.69 Å². The molecule has 0 spiro atoms. The van der Waals surface area contributed by atoms with Crippen LogP contribution in [0.3, 0.4) is 0 Å². The van der Waals surface area contributed by atoms with Crippen molar-refractivity contribution < 1.29 is 28.7 Å². The molecule has 9 heteroatoms. The maximum atomic E-state index is 12.7. The van der Waals surface area contributed by atoms with Crippen molar-refractivity contribution >= 4 is 17.6 Å². The van der Waals surface area contributed by atoms with Crippen molar-refractivity contribution in [1.82, 2.24) is 0 Å². The van der Waals surface area contributed by atoms with Crippen LogP contribution in [-0.2, 0) is 23.8 Å². The highest BCUT2D eigenvalue weighted by Gasteiger charge is 2.41. The number of carbonyl (C=O) groups excluding carboxylic acids is 2. The standard InChI is InChI=1S/C19H22N2O7/c1-4-13-15(18(22)26-5-2)14(11-8-7-9-12(10-11)21(24)25)16(17(20)28-13)19(23)27-6-3/h7-10,14H,4-6,20H2,1-3H3. The van der Waals surface area contributed by atoms with Gasteiger partial charge in [0.1, 0.15) is 11.3 Å². The Labute approximate surface area is 161 Å². The molecule has 1 aliphatic rings. The number of allylic oxidation sites excluding steroid dienone is 1. The summed E-state index contributed by atoms with van der Waals surface area (Å²) in [5.74, 6) is -2.44. The second-order valence-electron chi connectivity index (χ2n) is 5.80. The maximum Gasteiger partial charge on any atom is 0.340 e. The monoisotopic (exact) mass is 390 g/mol. The van der Waals surface area contributed by atoms with E-state index in [2.05, 4.69) is 0 Å². The molecule has 150 valence electrons. The lowest BCUT2D eigenvalue weighted by Gasteiger charge is -2.29. The molecule has 2 N–H and O–H groups in total. The van der Waals surface area contributed by atoms with Gasteiger partial charge in [-0.15, -0.1) is 0 Å². The summed E-state index contributed by atoms with van der Waals surface area (Å²) in [6.45, 7) is 5.21. The SMILES string of the molecule is CCOC(=O)C1=C(N)OC(CC)=C(C(=O)OCC)C1c1cccc([N+](=O)[O-])c1. The summed E-state index contributed by atoms with van der Waals surface area (Å²) in [5, 5.41) is 11.2. The van der Waals surface area contributed by atoms with Crippen molar-refractivity contribution in [1.29, 1.82) is 0 Å². The van der Waals surface area contributed by atoms with E-state index in [1.165, 1.54) is 18.2 Å². The van der Waals surface area contributed by atoms with Crippen molar-refractivity contribution in [3.05, 3.63) is 62.7 Å². The number of nitro benzene ring substituents is 1. The lowest BCUT2D eigenvalue weighted by Crippen LogP contribution is -2.30. The Balaban J connectivity index is 2.73. The third-order valence-corrected chi connectivity index (χ3v) is 4.10. The van der Waals surface area contributed by atoms with Gasteiger partial charge in [-0.05, 0) is 19.4 Å². The summed E-state index contributed by atoms with van der Waals surface area (Å²) in [6, 6.07) is 5.64. The van der Waals surface area contributed by atoms with Gasteiger partial charge in [-0.25, -0.2) is 9.59 Å². The predicted molar refractivity (Wildman–Crippen MR) is 98.7 cm³/mol. The number of hydrogen-bond acceptors (Lipinski definition) is 8. The van der Waals surface area contributed by atoms with E-state index in [1.807, 2.05) is 0 Å². The molecule has 1 aromatic rings. The molecule has 1 aromatic carbocycles. The Morgan fingerprint density at radius 3 is 2.29 bits per heavy atom. The Morgan fingerprint density at radius 2 is 1.75 bits per heavy atom. The van der Waals surface area contributed by atoms with E-state index in [0.29, 0.717) is 12.0 Å². The number of nitro groups is 1. The minimum atomic E-state index is -1.01. The smallest absolute Gasteiger partial charge is 0.340 e. The van der Waals surface area contributed by atoms with Crippen LogP contribution in [0, 0.1) is 10.1 Å². The number of non-ortho nitro benzene ring substituents is 1. The summed E-state index contributed by atoms with van der Waals surface area (Å²) in [5.41, 5.74) is 6.09. The molecule has 0 bridgehead atoms. The number of ether oxygens (including phenoxy) is 3. The van der Waals surface area contributed by atoms with Gasteiger partial charge in [0, 0.05) is 18.6 Å². The van der Waals surface area contributed by atoms with Gasteiger partial charge in [0.2, 0.25) is 5.88 Å². The third kappa shape index (κ3) is 4.13. The summed E-state index contributed by atoms with van der Waals surface area (Å²) in [6.07, 6.45) is 0.302. The molecule has 0 amide bonds. The number of benzene rings is 1. The van der Waals surface area contributed by atoms with E-state index in [1.54, 1.807) is 26.8 Å². The van der Waals surface area contributed by atoms with E-state index in [9.17, 15) is 19.7 Å². The zero-order chi connectivity index (χ0) is 20.8. The Hall–Kier alpha value is -3.36. The molecule has 0 aliphatic carbocycles. The molecule has 0 saturated carbocycles. The fourth-order valence-corrected chi connectivity index (χ4v) is 2.97. The molecule has 1 aliphatic heterocycles. The highest BCUT2D eigenvalue weighted by Crippen LogP contribution is 2.42. The first-order valence-corrected chi connectivity index (χ1v) is 8.84. The van der Waals surface area contributed by atoms with Crippen LogP contribution in [-0.4, -0.2) is 30.1 Å². The summed E-state index contributed by atoms with van der Waals surface area (Å²) < 4.78 is 15.7. The Kier molecular flexibility index (Phi) is 6.75. The van der Waals surface area contributed by atoms with Gasteiger partial charge >= 0.3 is 11.9 Å². The van der Waals surface area contributed by atoms with Crippen molar-refractivity contribution in [2.45, 2.75) is 33.1 Å². The topological polar surface area (TPSA) is 131 Å². The number of rotatable bonds is 7. The molecule has 28 heavy (non-hydrogen) atoms. The second-order valence-corrected chi connectivity index (χ2v) is 5.80. The van der Waals surface area contributed by atoms with Gasteiger partial charge < -0.3 is 19.9 Å². The van der Waals surface area contributed by atoms with E-state index >= 15 is 0 Å². The second kappa shape index (κ2) is 9.03. The molecule has 1 unspecified atom stereocenters. The number of hydrogen-bond donors (Lipinski definition) is 1. The number of carbonyl (C=O) groups is 2. The average Bonchev–Trinajstić information content (AvgIpc) is 2.67. The van der Waals surface area contributed by atoms with Gasteiger partial charge in [-0.1, -0.05) is 19.1 Å². The molecule has 9 nitrogen and oxygen atoms in total. The average molecular weight is 390 g/mol. The first-order chi connectivity index (χ1) is 13.3. The van der Waals surface area contributed by atoms with Crippen molar-refractivity contribution in [2.75, 3.05) is 13.2 Å². The first-order valence-electron chi connectivity index (χ1n) is 8.84. The molecule has 2 rings (SSSR count). The van der Waals surface area contributed by atoms with Gasteiger partial charge in [0.25, 0.3) is 5.69 Å². The van der Waals surface area contributed by atoms with Crippen LogP contribution in [0.2, 0.25) is 0 Å². The van der Waals surface area contributed by atoms with E-state index in [4.69, 9.17) is 19.9 Å². The maximum absolute atomic E-state index is 12.7. The van der Waals surface area contributed by atoms with Gasteiger partial charge in [0.05, 0.1) is 29.6 Å². The molecular weight excluding hydrogens is 368 g/mol. The summed E-state index contributed by atoms with van der Waals surface area (Å²) in [4.78, 5) is 35.9. The number of nitrogens with zero attached hydrogens (tertiary/aromatic N) is 1. The fraction of sp³-hybridized carbons (Fsp3) is 0.368. The minimum Gasteiger partial charge on any atom is -0.463 e. The first kappa shape index (κ1) is 20.9. The van der Waals surface area contributed by atoms with Gasteiger partial charge in [-0.2, -0.15) is 0 Å². The van der Waals surface area contributed by atoms with Crippen LogP contribution < -0.4 is 5.73 Å². The van der Waals surface area contributed by atoms with Crippen LogP contribution in [0.1, 0.15) is 38.7 Å². The summed E-state index contributed by atoms with van der Waals surface area (Å²) >= 11 is 0. The van der Waals surface area contributed by atoms with Gasteiger partial charge in [0.15, 0.2) is 0 Å². The summed E-state index contributed by atoms with van der Waals surface area (Å²) in [7, 11) is 0. The van der Waals surface area contributed by atoms with Crippen LogP contribution in [0.5, 0.6) is 0 Å². The molecule has 1 atom stereocenters. The highest BCUT2D eigenvalue weighted by molar-refractivity contribution is 5.99. The fourth-order valence-electron chi connectivity index (χ4n) is 2.97. The van der Waals surface area contributed by atoms with Crippen molar-refractivity contribution in [3.63, 3.8) is 0 Å². The zero-order valence-corrected chi connectivity index (χ0v) is 15.9. The predicted octanol–water partition coefficient (Wildman–Crippen LogP) is 2.67. The Bertz CT molecular complexity index is 858. The van der Waals surface area contributed by atoms with Crippen LogP contribution in [0.25, 0.3) is 0 Å². The van der Waals surface area contributed by atoms with Crippen molar-refractivity contribution in [2.24, 2.45) is 5.73 Å². The van der Waals surface area contributed by atoms with E-state index in [-0.39, 0.29) is 41.7 Å². The van der Waals surface area contributed by atoms with Crippen LogP contribution in [0.15, 0.2) is 47.1 Å². The lowest BCUT2D eigenvalue weighted by molar-refractivity contribution is -0.384. The van der Waals surface area contributed by atoms with E-state index in [0.717, 1.165) is 0 Å². The normalized spacial score (nSPS) is 16.5. The quantitative estimate of drug-likeness (QED) is 0.427. The largest absolute Gasteiger partial charge is 0.463 e. The Morgan fingerprint density at radius 1 is 1.14 bits per heavy atom. The lowest BCUT2D eigenvalue weighted by atomic mass is 9.82. The highest BCUT2D eigenvalue weighted by atomic mass is 16.6. The third-order valence-electron chi connectivity index (χ3n) is 4.10. The van der Waals surface area contributed by atoms with Crippen LogP contribution >= 0.6 is 0 Å². The molecule has 0 saturated heterocycles. The number of esters is 2. The minimum absolute atomic E-state index is 0.0714. The molecule has 1 heterocycles. The van der Waals surface area contributed by atoms with Crippen molar-refractivity contribution in [3.8, 4) is 0 Å². The molecular formula is C19H22N2O7. The van der Waals surface area contributed by atoms with E-state index < -0.39 is 22.8 Å². The zero-order valence-electron chi connectivity index (χ0n) is 15.9. The number of nitrogens with two attached hydrogens (primary N) is 1. The molecule has 0 aromatic heterocycles. The molecule has 0 fully saturated rings. The molecule has 0 radical (unpaired) electrons.